The van der Waals surface area contributed by atoms with Crippen molar-refractivity contribution in [3.05, 3.63) is 94.5 Å². The molecular formula is C25H24ClNO3. The molecule has 30 heavy (non-hydrogen) atoms. The molecule has 0 aliphatic carbocycles. The Bertz CT molecular complexity index is 1010. The van der Waals surface area contributed by atoms with Gasteiger partial charge in [0.2, 0.25) is 5.91 Å². The fourth-order valence-electron chi connectivity index (χ4n) is 2.83. The van der Waals surface area contributed by atoms with Crippen LogP contribution in [0.5, 0.6) is 11.5 Å². The van der Waals surface area contributed by atoms with Gasteiger partial charge in [-0.05, 0) is 65.6 Å². The van der Waals surface area contributed by atoms with Gasteiger partial charge >= 0.3 is 0 Å². The third-order valence-corrected chi connectivity index (χ3v) is 4.80. The summed E-state index contributed by atoms with van der Waals surface area (Å²) in [5.41, 5.74) is 3.84. The SMILES string of the molecule is CCc1ccc(NC(=O)C=Cc2ccc(OCc3ccc(Cl)cc3)c(OC)c2)cc1. The Morgan fingerprint density at radius 2 is 1.67 bits per heavy atom. The topological polar surface area (TPSA) is 47.6 Å². The second-order valence-corrected chi connectivity index (χ2v) is 7.13. The summed E-state index contributed by atoms with van der Waals surface area (Å²) in [4.78, 5) is 12.2. The number of methoxy groups -OCH3 is 1. The van der Waals surface area contributed by atoms with Crippen LogP contribution >= 0.6 is 11.6 Å². The minimum atomic E-state index is -0.193. The van der Waals surface area contributed by atoms with Crippen LogP contribution in [0.4, 0.5) is 5.69 Å². The van der Waals surface area contributed by atoms with E-state index in [4.69, 9.17) is 21.1 Å². The summed E-state index contributed by atoms with van der Waals surface area (Å²) in [5.74, 6) is 1.04. The van der Waals surface area contributed by atoms with Crippen molar-refractivity contribution in [1.29, 1.82) is 0 Å². The van der Waals surface area contributed by atoms with Crippen molar-refractivity contribution in [3.63, 3.8) is 0 Å². The lowest BCUT2D eigenvalue weighted by atomic mass is 10.1. The Kier molecular flexibility index (Phi) is 7.52. The number of nitrogens with one attached hydrogen (secondary N) is 1. The van der Waals surface area contributed by atoms with E-state index in [1.807, 2.05) is 66.7 Å². The number of aryl methyl sites for hydroxylation is 1. The number of benzene rings is 3. The largest absolute Gasteiger partial charge is 0.493 e. The van der Waals surface area contributed by atoms with E-state index in [1.54, 1.807) is 13.2 Å². The van der Waals surface area contributed by atoms with Gasteiger partial charge in [-0.25, -0.2) is 0 Å². The quantitative estimate of drug-likeness (QED) is 0.444. The molecule has 0 unspecified atom stereocenters. The second kappa shape index (κ2) is 10.5. The van der Waals surface area contributed by atoms with E-state index in [1.165, 1.54) is 11.6 Å². The molecule has 0 bridgehead atoms. The van der Waals surface area contributed by atoms with Gasteiger partial charge in [0.25, 0.3) is 0 Å². The summed E-state index contributed by atoms with van der Waals surface area (Å²) in [6.45, 7) is 2.50. The average Bonchev–Trinajstić information content (AvgIpc) is 2.78. The molecule has 1 amide bonds. The minimum Gasteiger partial charge on any atom is -0.493 e. The van der Waals surface area contributed by atoms with Gasteiger partial charge in [0, 0.05) is 16.8 Å². The van der Waals surface area contributed by atoms with Crippen molar-refractivity contribution in [2.24, 2.45) is 0 Å². The van der Waals surface area contributed by atoms with Crippen molar-refractivity contribution < 1.29 is 14.3 Å². The zero-order chi connectivity index (χ0) is 21.3. The predicted molar refractivity (Wildman–Crippen MR) is 122 cm³/mol. The van der Waals surface area contributed by atoms with Crippen molar-refractivity contribution in [2.75, 3.05) is 12.4 Å². The van der Waals surface area contributed by atoms with Gasteiger partial charge in [0.1, 0.15) is 6.61 Å². The van der Waals surface area contributed by atoms with E-state index in [0.29, 0.717) is 23.1 Å². The number of carbonyl (C=O) groups excluding carboxylic acids is 1. The Labute approximate surface area is 182 Å². The molecule has 154 valence electrons. The normalized spacial score (nSPS) is 10.8. The molecule has 3 aromatic carbocycles. The highest BCUT2D eigenvalue weighted by Gasteiger charge is 2.06. The van der Waals surface area contributed by atoms with Crippen molar-refractivity contribution in [2.45, 2.75) is 20.0 Å². The lowest BCUT2D eigenvalue weighted by Crippen LogP contribution is -2.07. The molecule has 5 heteroatoms. The molecule has 0 radical (unpaired) electrons. The Morgan fingerprint density at radius 3 is 2.33 bits per heavy atom. The van der Waals surface area contributed by atoms with Crippen LogP contribution in [-0.2, 0) is 17.8 Å². The second-order valence-electron chi connectivity index (χ2n) is 6.70. The van der Waals surface area contributed by atoms with Gasteiger partial charge in [-0.3, -0.25) is 4.79 Å². The highest BCUT2D eigenvalue weighted by molar-refractivity contribution is 6.30. The fraction of sp³-hybridized carbons (Fsp3) is 0.160. The van der Waals surface area contributed by atoms with Crippen LogP contribution in [0.3, 0.4) is 0 Å². The summed E-state index contributed by atoms with van der Waals surface area (Å²) in [6.07, 6.45) is 4.20. The summed E-state index contributed by atoms with van der Waals surface area (Å²) in [5, 5.41) is 3.54. The standard InChI is InChI=1S/C25H24ClNO3/c1-3-18-6-12-22(13-7-18)27-25(28)15-9-19-8-14-23(24(16-19)29-2)30-17-20-4-10-21(26)11-5-20/h4-16H,3,17H2,1-2H3,(H,27,28). The number of anilines is 1. The van der Waals surface area contributed by atoms with Gasteiger partial charge in [-0.2, -0.15) is 0 Å². The molecule has 0 aliphatic rings. The van der Waals surface area contributed by atoms with Gasteiger partial charge < -0.3 is 14.8 Å². The van der Waals surface area contributed by atoms with Gasteiger partial charge in [0.15, 0.2) is 11.5 Å². The zero-order valence-corrected chi connectivity index (χ0v) is 17.8. The molecule has 1 N–H and O–H groups in total. The molecule has 0 fully saturated rings. The number of carbonyl (C=O) groups is 1. The molecule has 0 aromatic heterocycles. The summed E-state index contributed by atoms with van der Waals surface area (Å²) < 4.78 is 11.3. The molecule has 0 atom stereocenters. The van der Waals surface area contributed by atoms with Crippen LogP contribution in [0.2, 0.25) is 5.02 Å². The zero-order valence-electron chi connectivity index (χ0n) is 17.0. The number of halogens is 1. The molecule has 3 rings (SSSR count). The maximum atomic E-state index is 12.2. The van der Waals surface area contributed by atoms with Gasteiger partial charge in [0.05, 0.1) is 7.11 Å². The van der Waals surface area contributed by atoms with Crippen molar-refractivity contribution in [3.8, 4) is 11.5 Å². The van der Waals surface area contributed by atoms with Gasteiger partial charge in [-0.1, -0.05) is 48.9 Å². The average molecular weight is 422 g/mol. The first-order valence-corrected chi connectivity index (χ1v) is 10.1. The first-order valence-electron chi connectivity index (χ1n) is 9.70. The molecule has 0 saturated heterocycles. The monoisotopic (exact) mass is 421 g/mol. The van der Waals surface area contributed by atoms with Crippen LogP contribution in [0.15, 0.2) is 72.8 Å². The molecule has 0 heterocycles. The predicted octanol–water partition coefficient (Wildman–Crippen LogP) is 6.14. The highest BCUT2D eigenvalue weighted by atomic mass is 35.5. The third-order valence-electron chi connectivity index (χ3n) is 4.55. The molecule has 3 aromatic rings. The smallest absolute Gasteiger partial charge is 0.248 e. The first kappa shape index (κ1) is 21.5. The molecule has 0 aliphatic heterocycles. The number of ether oxygens (including phenoxy) is 2. The van der Waals surface area contributed by atoms with Crippen LogP contribution < -0.4 is 14.8 Å². The highest BCUT2D eigenvalue weighted by Crippen LogP contribution is 2.29. The number of amides is 1. The number of hydrogen-bond donors (Lipinski definition) is 1. The minimum absolute atomic E-state index is 0.193. The molecule has 0 spiro atoms. The Hall–Kier alpha value is -3.24. The maximum absolute atomic E-state index is 12.2. The van der Waals surface area contributed by atoms with Crippen molar-refractivity contribution in [1.82, 2.24) is 0 Å². The third kappa shape index (κ3) is 6.13. The number of rotatable bonds is 8. The Morgan fingerprint density at radius 1 is 0.967 bits per heavy atom. The molecular weight excluding hydrogens is 398 g/mol. The van der Waals surface area contributed by atoms with Crippen LogP contribution in [-0.4, -0.2) is 13.0 Å². The summed E-state index contributed by atoms with van der Waals surface area (Å²) >= 11 is 5.91. The molecule has 4 nitrogen and oxygen atoms in total. The lowest BCUT2D eigenvalue weighted by molar-refractivity contribution is -0.111. The van der Waals surface area contributed by atoms with E-state index in [0.717, 1.165) is 23.2 Å². The van der Waals surface area contributed by atoms with E-state index in [2.05, 4.69) is 12.2 Å². The Balaban J connectivity index is 1.61. The van der Waals surface area contributed by atoms with Gasteiger partial charge in [-0.15, -0.1) is 0 Å². The summed E-state index contributed by atoms with van der Waals surface area (Å²) in [7, 11) is 1.59. The first-order chi connectivity index (χ1) is 14.6. The fourth-order valence-corrected chi connectivity index (χ4v) is 2.95. The van der Waals surface area contributed by atoms with Crippen LogP contribution in [0.1, 0.15) is 23.6 Å². The van der Waals surface area contributed by atoms with E-state index < -0.39 is 0 Å². The maximum Gasteiger partial charge on any atom is 0.248 e. The van der Waals surface area contributed by atoms with E-state index >= 15 is 0 Å². The van der Waals surface area contributed by atoms with Crippen LogP contribution in [0, 0.1) is 0 Å². The number of hydrogen-bond acceptors (Lipinski definition) is 3. The van der Waals surface area contributed by atoms with E-state index in [9.17, 15) is 4.79 Å². The van der Waals surface area contributed by atoms with Crippen molar-refractivity contribution >= 4 is 29.3 Å². The summed E-state index contributed by atoms with van der Waals surface area (Å²) in [6, 6.07) is 20.8. The lowest BCUT2D eigenvalue weighted by Gasteiger charge is -2.11. The molecule has 0 saturated carbocycles. The van der Waals surface area contributed by atoms with E-state index in [-0.39, 0.29) is 5.91 Å². The van der Waals surface area contributed by atoms with Crippen LogP contribution in [0.25, 0.3) is 6.08 Å².